The summed E-state index contributed by atoms with van der Waals surface area (Å²) in [5.74, 6) is 0. The fourth-order valence-corrected chi connectivity index (χ4v) is 2.69. The molecule has 4 heteroatoms. The number of aryl methyl sites for hydroxylation is 2. The lowest BCUT2D eigenvalue weighted by Crippen LogP contribution is -2.35. The van der Waals surface area contributed by atoms with Crippen molar-refractivity contribution in [3.05, 3.63) is 17.5 Å². The highest BCUT2D eigenvalue weighted by Gasteiger charge is 2.41. The van der Waals surface area contributed by atoms with Crippen molar-refractivity contribution in [2.24, 2.45) is 5.41 Å². The van der Waals surface area contributed by atoms with Crippen molar-refractivity contribution in [2.75, 3.05) is 13.2 Å². The average Bonchev–Trinajstić information content (AvgIpc) is 2.84. The van der Waals surface area contributed by atoms with Gasteiger partial charge in [0.2, 0.25) is 0 Å². The lowest BCUT2D eigenvalue weighted by Gasteiger charge is -2.30. The Balaban J connectivity index is 2.23. The molecule has 0 radical (unpaired) electrons. The molecule has 0 aliphatic carbocycles. The van der Waals surface area contributed by atoms with Gasteiger partial charge in [0, 0.05) is 24.3 Å². The molecule has 0 spiro atoms. The summed E-state index contributed by atoms with van der Waals surface area (Å²) < 4.78 is 7.65. The van der Waals surface area contributed by atoms with Crippen molar-refractivity contribution in [2.45, 2.75) is 46.3 Å². The summed E-state index contributed by atoms with van der Waals surface area (Å²) in [7, 11) is 0. The highest BCUT2D eigenvalue weighted by molar-refractivity contribution is 5.13. The summed E-state index contributed by atoms with van der Waals surface area (Å²) >= 11 is 0. The molecule has 2 unspecified atom stereocenters. The zero-order chi connectivity index (χ0) is 12.5. The molecule has 2 heterocycles. The second kappa shape index (κ2) is 4.78. The number of hydrogen-bond acceptors (Lipinski definition) is 3. The van der Waals surface area contributed by atoms with Crippen LogP contribution in [0.3, 0.4) is 0 Å². The number of rotatable bonds is 4. The third kappa shape index (κ3) is 2.24. The van der Waals surface area contributed by atoms with E-state index in [-0.39, 0.29) is 18.1 Å². The monoisotopic (exact) mass is 238 g/mol. The lowest BCUT2D eigenvalue weighted by molar-refractivity contribution is 0.0260. The first-order valence-corrected chi connectivity index (χ1v) is 6.37. The maximum absolute atomic E-state index is 9.71. The van der Waals surface area contributed by atoms with Crippen LogP contribution in [0.25, 0.3) is 0 Å². The Morgan fingerprint density at radius 2 is 2.41 bits per heavy atom. The van der Waals surface area contributed by atoms with E-state index in [0.29, 0.717) is 0 Å². The van der Waals surface area contributed by atoms with Gasteiger partial charge >= 0.3 is 0 Å². The summed E-state index contributed by atoms with van der Waals surface area (Å²) in [6.45, 7) is 7.97. The zero-order valence-corrected chi connectivity index (χ0v) is 10.9. The first-order valence-electron chi connectivity index (χ1n) is 6.37. The lowest BCUT2D eigenvalue weighted by atomic mass is 9.78. The standard InChI is InChI=1S/C13H22N2O2/c1-4-15-12(7-10(2)14-15)8-13(9-16)5-6-17-11(13)3/h7,11,16H,4-6,8-9H2,1-3H3. The van der Waals surface area contributed by atoms with E-state index in [9.17, 15) is 5.11 Å². The van der Waals surface area contributed by atoms with Crippen LogP contribution in [0.4, 0.5) is 0 Å². The fraction of sp³-hybridized carbons (Fsp3) is 0.769. The Morgan fingerprint density at radius 3 is 2.94 bits per heavy atom. The van der Waals surface area contributed by atoms with E-state index < -0.39 is 0 Å². The highest BCUT2D eigenvalue weighted by atomic mass is 16.5. The van der Waals surface area contributed by atoms with Gasteiger partial charge in [0.1, 0.15) is 0 Å². The molecule has 17 heavy (non-hydrogen) atoms. The van der Waals surface area contributed by atoms with Crippen molar-refractivity contribution in [1.82, 2.24) is 9.78 Å². The van der Waals surface area contributed by atoms with E-state index in [1.54, 1.807) is 0 Å². The van der Waals surface area contributed by atoms with E-state index in [0.717, 1.165) is 31.7 Å². The summed E-state index contributed by atoms with van der Waals surface area (Å²) in [6.07, 6.45) is 1.89. The number of aromatic nitrogens is 2. The van der Waals surface area contributed by atoms with Crippen molar-refractivity contribution in [3.63, 3.8) is 0 Å². The third-order valence-corrected chi connectivity index (χ3v) is 3.96. The normalized spacial score (nSPS) is 28.8. The summed E-state index contributed by atoms with van der Waals surface area (Å²) in [5, 5.41) is 14.2. The van der Waals surface area contributed by atoms with Crippen LogP contribution in [0.2, 0.25) is 0 Å². The Labute approximate surface area is 103 Å². The van der Waals surface area contributed by atoms with Crippen LogP contribution >= 0.6 is 0 Å². The Bertz CT molecular complexity index is 389. The maximum Gasteiger partial charge on any atom is 0.0629 e. The van der Waals surface area contributed by atoms with Gasteiger partial charge in [-0.1, -0.05) is 0 Å². The molecule has 0 saturated carbocycles. The average molecular weight is 238 g/mol. The molecule has 1 N–H and O–H groups in total. The second-order valence-electron chi connectivity index (χ2n) is 5.05. The van der Waals surface area contributed by atoms with Crippen LogP contribution in [0.5, 0.6) is 0 Å². The van der Waals surface area contributed by atoms with Crippen molar-refractivity contribution in [1.29, 1.82) is 0 Å². The van der Waals surface area contributed by atoms with Gasteiger partial charge in [-0.05, 0) is 39.7 Å². The molecule has 1 fully saturated rings. The minimum atomic E-state index is -0.126. The Morgan fingerprint density at radius 1 is 1.65 bits per heavy atom. The SMILES string of the molecule is CCn1nc(C)cc1CC1(CO)CCOC1C. The fourth-order valence-electron chi connectivity index (χ4n) is 2.69. The molecular weight excluding hydrogens is 216 g/mol. The van der Waals surface area contributed by atoms with E-state index in [4.69, 9.17) is 4.74 Å². The number of ether oxygens (including phenoxy) is 1. The number of hydrogen-bond donors (Lipinski definition) is 1. The number of aliphatic hydroxyl groups excluding tert-OH is 1. The Hall–Kier alpha value is -0.870. The van der Waals surface area contributed by atoms with Crippen LogP contribution in [-0.2, 0) is 17.7 Å². The number of nitrogens with zero attached hydrogens (tertiary/aromatic N) is 2. The van der Waals surface area contributed by atoms with E-state index in [1.807, 2.05) is 11.6 Å². The van der Waals surface area contributed by atoms with Gasteiger partial charge in [0.05, 0.1) is 18.4 Å². The van der Waals surface area contributed by atoms with E-state index >= 15 is 0 Å². The van der Waals surface area contributed by atoms with Crippen LogP contribution in [0.15, 0.2) is 6.07 Å². The number of aliphatic hydroxyl groups is 1. The first kappa shape index (κ1) is 12.6. The van der Waals surface area contributed by atoms with Crippen molar-refractivity contribution < 1.29 is 9.84 Å². The highest BCUT2D eigenvalue weighted by Crippen LogP contribution is 2.37. The van der Waals surface area contributed by atoms with Gasteiger partial charge in [-0.2, -0.15) is 5.10 Å². The summed E-state index contributed by atoms with van der Waals surface area (Å²) in [4.78, 5) is 0. The van der Waals surface area contributed by atoms with Gasteiger partial charge in [-0.15, -0.1) is 0 Å². The van der Waals surface area contributed by atoms with Gasteiger partial charge < -0.3 is 9.84 Å². The molecule has 4 nitrogen and oxygen atoms in total. The molecule has 1 saturated heterocycles. The minimum Gasteiger partial charge on any atom is -0.396 e. The van der Waals surface area contributed by atoms with E-state index in [1.165, 1.54) is 5.69 Å². The van der Waals surface area contributed by atoms with Gasteiger partial charge in [-0.3, -0.25) is 4.68 Å². The quantitative estimate of drug-likeness (QED) is 0.865. The predicted molar refractivity (Wildman–Crippen MR) is 65.9 cm³/mol. The molecule has 2 atom stereocenters. The molecule has 1 aliphatic rings. The molecule has 2 rings (SSSR count). The van der Waals surface area contributed by atoms with Crippen LogP contribution in [0.1, 0.15) is 31.7 Å². The predicted octanol–water partition coefficient (Wildman–Crippen LogP) is 1.54. The molecule has 96 valence electrons. The molecular formula is C13H22N2O2. The second-order valence-corrected chi connectivity index (χ2v) is 5.05. The molecule has 0 amide bonds. The third-order valence-electron chi connectivity index (χ3n) is 3.96. The molecule has 1 aromatic rings. The summed E-state index contributed by atoms with van der Waals surface area (Å²) in [5.41, 5.74) is 2.12. The first-order chi connectivity index (χ1) is 8.11. The van der Waals surface area contributed by atoms with Gasteiger partial charge in [-0.25, -0.2) is 0 Å². The Kier molecular flexibility index (Phi) is 3.54. The van der Waals surface area contributed by atoms with Crippen molar-refractivity contribution in [3.8, 4) is 0 Å². The molecule has 1 aromatic heterocycles. The largest absolute Gasteiger partial charge is 0.396 e. The van der Waals surface area contributed by atoms with Crippen LogP contribution in [-0.4, -0.2) is 34.2 Å². The smallest absolute Gasteiger partial charge is 0.0629 e. The maximum atomic E-state index is 9.71. The van der Waals surface area contributed by atoms with E-state index in [2.05, 4.69) is 25.0 Å². The van der Waals surface area contributed by atoms with Crippen LogP contribution < -0.4 is 0 Å². The van der Waals surface area contributed by atoms with Crippen LogP contribution in [0, 0.1) is 12.3 Å². The summed E-state index contributed by atoms with van der Waals surface area (Å²) in [6, 6.07) is 2.12. The van der Waals surface area contributed by atoms with Gasteiger partial charge in [0.25, 0.3) is 0 Å². The minimum absolute atomic E-state index is 0.119. The molecule has 0 aromatic carbocycles. The molecule has 0 bridgehead atoms. The zero-order valence-electron chi connectivity index (χ0n) is 10.9. The van der Waals surface area contributed by atoms with Crippen molar-refractivity contribution >= 4 is 0 Å². The topological polar surface area (TPSA) is 47.3 Å². The van der Waals surface area contributed by atoms with Gasteiger partial charge in [0.15, 0.2) is 0 Å². The molecule has 1 aliphatic heterocycles.